The van der Waals surface area contributed by atoms with Gasteiger partial charge in [0.25, 0.3) is 0 Å². The van der Waals surface area contributed by atoms with Gasteiger partial charge in [-0.15, -0.1) is 0 Å². The van der Waals surface area contributed by atoms with Crippen LogP contribution in [0.25, 0.3) is 0 Å². The molecule has 0 saturated heterocycles. The molecule has 2 N–H and O–H groups in total. The molecule has 0 aliphatic heterocycles. The summed E-state index contributed by atoms with van der Waals surface area (Å²) in [6.07, 6.45) is 4.54. The van der Waals surface area contributed by atoms with Gasteiger partial charge in [0.15, 0.2) is 0 Å². The van der Waals surface area contributed by atoms with Crippen molar-refractivity contribution >= 4 is 0 Å². The van der Waals surface area contributed by atoms with Gasteiger partial charge in [-0.25, -0.2) is 4.98 Å². The van der Waals surface area contributed by atoms with Gasteiger partial charge in [-0.3, -0.25) is 0 Å². The number of hydrogen-bond donors (Lipinski definition) is 2. The molecule has 0 amide bonds. The summed E-state index contributed by atoms with van der Waals surface area (Å²) >= 11 is 0. The summed E-state index contributed by atoms with van der Waals surface area (Å²) in [5, 5.41) is 13.5. The number of hydrogen-bond acceptors (Lipinski definition) is 3. The zero-order valence-corrected chi connectivity index (χ0v) is 12.3. The SMILES string of the molecule is CC(C)CC(C)(O)CNCc1cncn1C(C)C. The van der Waals surface area contributed by atoms with E-state index in [0.29, 0.717) is 18.5 Å². The van der Waals surface area contributed by atoms with E-state index in [0.717, 1.165) is 18.7 Å². The molecule has 0 bridgehead atoms. The Morgan fingerprint density at radius 3 is 2.61 bits per heavy atom. The molecule has 1 aromatic rings. The fourth-order valence-electron chi connectivity index (χ4n) is 2.35. The number of aromatic nitrogens is 2. The summed E-state index contributed by atoms with van der Waals surface area (Å²) in [7, 11) is 0. The van der Waals surface area contributed by atoms with Gasteiger partial charge >= 0.3 is 0 Å². The van der Waals surface area contributed by atoms with Crippen LogP contribution in [0.5, 0.6) is 0 Å². The van der Waals surface area contributed by atoms with E-state index in [4.69, 9.17) is 0 Å². The van der Waals surface area contributed by atoms with Crippen molar-refractivity contribution in [1.82, 2.24) is 14.9 Å². The van der Waals surface area contributed by atoms with Crippen molar-refractivity contribution in [3.8, 4) is 0 Å². The van der Waals surface area contributed by atoms with E-state index < -0.39 is 5.60 Å². The predicted molar refractivity (Wildman–Crippen MR) is 74.4 cm³/mol. The van der Waals surface area contributed by atoms with Crippen LogP contribution in [0.2, 0.25) is 0 Å². The zero-order valence-electron chi connectivity index (χ0n) is 12.3. The minimum atomic E-state index is -0.642. The summed E-state index contributed by atoms with van der Waals surface area (Å²) in [6, 6.07) is 0.417. The third kappa shape index (κ3) is 4.78. The van der Waals surface area contributed by atoms with Gasteiger partial charge < -0.3 is 15.0 Å². The molecule has 0 fully saturated rings. The van der Waals surface area contributed by atoms with Crippen LogP contribution >= 0.6 is 0 Å². The van der Waals surface area contributed by atoms with Crippen LogP contribution in [0.3, 0.4) is 0 Å². The standard InChI is InChI=1S/C14H27N3O/c1-11(2)6-14(5,18)9-15-7-13-8-16-10-17(13)12(3)4/h8,10-12,15,18H,6-7,9H2,1-5H3. The van der Waals surface area contributed by atoms with Crippen LogP contribution in [-0.4, -0.2) is 26.8 Å². The first-order valence-electron chi connectivity index (χ1n) is 6.75. The van der Waals surface area contributed by atoms with Gasteiger partial charge in [0.05, 0.1) is 17.6 Å². The number of nitrogens with zero attached hydrogens (tertiary/aromatic N) is 2. The van der Waals surface area contributed by atoms with Crippen molar-refractivity contribution in [3.63, 3.8) is 0 Å². The summed E-state index contributed by atoms with van der Waals surface area (Å²) in [6.45, 7) is 11.8. The molecule has 0 radical (unpaired) electrons. The molecule has 104 valence electrons. The van der Waals surface area contributed by atoms with E-state index in [9.17, 15) is 5.11 Å². The summed E-state index contributed by atoms with van der Waals surface area (Å²) in [5.41, 5.74) is 0.516. The highest BCUT2D eigenvalue weighted by Crippen LogP contribution is 2.15. The Balaban J connectivity index is 2.44. The van der Waals surface area contributed by atoms with Crippen molar-refractivity contribution in [3.05, 3.63) is 18.2 Å². The molecule has 1 rings (SSSR count). The fourth-order valence-corrected chi connectivity index (χ4v) is 2.35. The summed E-state index contributed by atoms with van der Waals surface area (Å²) < 4.78 is 2.14. The van der Waals surface area contributed by atoms with Crippen LogP contribution in [-0.2, 0) is 6.54 Å². The van der Waals surface area contributed by atoms with E-state index in [1.165, 1.54) is 0 Å². The highest BCUT2D eigenvalue weighted by atomic mass is 16.3. The van der Waals surface area contributed by atoms with Gasteiger partial charge in [-0.2, -0.15) is 0 Å². The van der Waals surface area contributed by atoms with Crippen LogP contribution < -0.4 is 5.32 Å². The summed E-state index contributed by atoms with van der Waals surface area (Å²) in [4.78, 5) is 4.17. The highest BCUT2D eigenvalue weighted by Gasteiger charge is 2.21. The second-order valence-corrected chi connectivity index (χ2v) is 6.08. The van der Waals surface area contributed by atoms with Gasteiger partial charge in [-0.05, 0) is 33.1 Å². The first-order valence-corrected chi connectivity index (χ1v) is 6.75. The minimum absolute atomic E-state index is 0.417. The van der Waals surface area contributed by atoms with E-state index in [-0.39, 0.29) is 0 Å². The second-order valence-electron chi connectivity index (χ2n) is 6.08. The Kier molecular flexibility index (Phi) is 5.35. The Hall–Kier alpha value is -0.870. The van der Waals surface area contributed by atoms with Crippen molar-refractivity contribution < 1.29 is 5.11 Å². The molecule has 4 nitrogen and oxygen atoms in total. The molecule has 0 spiro atoms. The molecule has 18 heavy (non-hydrogen) atoms. The monoisotopic (exact) mass is 253 g/mol. The molecule has 1 aromatic heterocycles. The van der Waals surface area contributed by atoms with E-state index in [1.54, 1.807) is 0 Å². The number of aliphatic hydroxyl groups is 1. The first kappa shape index (κ1) is 15.2. The van der Waals surface area contributed by atoms with Crippen LogP contribution in [0.4, 0.5) is 0 Å². The third-order valence-corrected chi connectivity index (χ3v) is 2.96. The Labute approximate surface area is 110 Å². The Morgan fingerprint density at radius 1 is 1.39 bits per heavy atom. The van der Waals surface area contributed by atoms with E-state index in [1.807, 2.05) is 19.4 Å². The molecule has 1 heterocycles. The van der Waals surface area contributed by atoms with Gasteiger partial charge in [-0.1, -0.05) is 13.8 Å². The molecule has 1 atom stereocenters. The third-order valence-electron chi connectivity index (χ3n) is 2.96. The predicted octanol–water partition coefficient (Wildman–Crippen LogP) is 2.35. The van der Waals surface area contributed by atoms with Crippen molar-refractivity contribution in [1.29, 1.82) is 0 Å². The maximum atomic E-state index is 10.2. The maximum Gasteiger partial charge on any atom is 0.0951 e. The van der Waals surface area contributed by atoms with Gasteiger partial charge in [0.1, 0.15) is 0 Å². The average molecular weight is 253 g/mol. The Morgan fingerprint density at radius 2 is 2.06 bits per heavy atom. The van der Waals surface area contributed by atoms with Crippen molar-refractivity contribution in [2.24, 2.45) is 5.92 Å². The van der Waals surface area contributed by atoms with Crippen LogP contribution in [0, 0.1) is 5.92 Å². The largest absolute Gasteiger partial charge is 0.389 e. The molecular formula is C14H27N3O. The van der Waals surface area contributed by atoms with Crippen LogP contribution in [0.1, 0.15) is 52.8 Å². The molecular weight excluding hydrogens is 226 g/mol. The highest BCUT2D eigenvalue weighted by molar-refractivity contribution is 4.99. The molecule has 0 aliphatic carbocycles. The van der Waals surface area contributed by atoms with Gasteiger partial charge in [0, 0.05) is 25.3 Å². The topological polar surface area (TPSA) is 50.1 Å². The summed E-state index contributed by atoms with van der Waals surface area (Å²) in [5.74, 6) is 0.503. The molecule has 4 heteroatoms. The average Bonchev–Trinajstić information content (AvgIpc) is 2.63. The lowest BCUT2D eigenvalue weighted by Crippen LogP contribution is -2.38. The number of nitrogens with one attached hydrogen (secondary N) is 1. The molecule has 1 unspecified atom stereocenters. The smallest absolute Gasteiger partial charge is 0.0951 e. The fraction of sp³-hybridized carbons (Fsp3) is 0.786. The molecule has 0 aromatic carbocycles. The second kappa shape index (κ2) is 6.34. The zero-order chi connectivity index (χ0) is 13.8. The number of rotatable bonds is 7. The molecule has 0 saturated carbocycles. The van der Waals surface area contributed by atoms with E-state index >= 15 is 0 Å². The minimum Gasteiger partial charge on any atom is -0.389 e. The number of imidazole rings is 1. The van der Waals surface area contributed by atoms with Crippen LogP contribution in [0.15, 0.2) is 12.5 Å². The van der Waals surface area contributed by atoms with E-state index in [2.05, 4.69) is 42.6 Å². The first-order chi connectivity index (χ1) is 8.32. The Bertz CT molecular complexity index is 356. The van der Waals surface area contributed by atoms with Crippen molar-refractivity contribution in [2.75, 3.05) is 6.54 Å². The lowest BCUT2D eigenvalue weighted by molar-refractivity contribution is 0.0382. The lowest BCUT2D eigenvalue weighted by Gasteiger charge is -2.26. The lowest BCUT2D eigenvalue weighted by atomic mass is 9.94. The maximum absolute atomic E-state index is 10.2. The van der Waals surface area contributed by atoms with Gasteiger partial charge in [0.2, 0.25) is 0 Å². The van der Waals surface area contributed by atoms with Crippen molar-refractivity contribution in [2.45, 2.75) is 59.2 Å². The molecule has 0 aliphatic rings. The normalized spacial score (nSPS) is 15.3. The quantitative estimate of drug-likeness (QED) is 0.784.